The van der Waals surface area contributed by atoms with Gasteiger partial charge < -0.3 is 4.74 Å². The van der Waals surface area contributed by atoms with Crippen molar-refractivity contribution in [1.82, 2.24) is 4.98 Å². The van der Waals surface area contributed by atoms with E-state index in [4.69, 9.17) is 21.3 Å². The third kappa shape index (κ3) is 3.34. The van der Waals surface area contributed by atoms with E-state index >= 15 is 0 Å². The van der Waals surface area contributed by atoms with Gasteiger partial charge in [-0.25, -0.2) is 9.37 Å². The standard InChI is InChI=1S/C24H19ClFNO/c1-3-28-22-7-5-4-6-19(22)16-8-10-17(11-9-16)24-15(2)23(25)20-14-18(26)12-13-21(20)27-24/h4-14H,3H2,1-2H3. The summed E-state index contributed by atoms with van der Waals surface area (Å²) in [5.41, 5.74) is 5.39. The Labute approximate surface area is 168 Å². The van der Waals surface area contributed by atoms with Gasteiger partial charge in [0.25, 0.3) is 0 Å². The maximum absolute atomic E-state index is 13.6. The molecule has 0 spiro atoms. The third-order valence-corrected chi connectivity index (χ3v) is 5.26. The van der Waals surface area contributed by atoms with E-state index in [0.29, 0.717) is 22.5 Å². The van der Waals surface area contributed by atoms with Gasteiger partial charge in [-0.2, -0.15) is 0 Å². The van der Waals surface area contributed by atoms with Crippen LogP contribution in [0.1, 0.15) is 12.5 Å². The molecule has 1 aromatic heterocycles. The fourth-order valence-electron chi connectivity index (χ4n) is 3.37. The maximum atomic E-state index is 13.6. The number of hydrogen-bond acceptors (Lipinski definition) is 2. The average Bonchev–Trinajstić information content (AvgIpc) is 2.72. The number of pyridine rings is 1. The van der Waals surface area contributed by atoms with Crippen molar-refractivity contribution in [2.45, 2.75) is 13.8 Å². The monoisotopic (exact) mass is 391 g/mol. The summed E-state index contributed by atoms with van der Waals surface area (Å²) < 4.78 is 19.3. The molecule has 0 aliphatic carbocycles. The zero-order valence-electron chi connectivity index (χ0n) is 15.7. The fraction of sp³-hybridized carbons (Fsp3) is 0.125. The minimum absolute atomic E-state index is 0.319. The number of rotatable bonds is 4. The fourth-order valence-corrected chi connectivity index (χ4v) is 3.61. The van der Waals surface area contributed by atoms with Crippen molar-refractivity contribution in [3.63, 3.8) is 0 Å². The summed E-state index contributed by atoms with van der Waals surface area (Å²) in [7, 11) is 0. The van der Waals surface area contributed by atoms with E-state index in [1.807, 2.05) is 50.2 Å². The zero-order valence-corrected chi connectivity index (χ0v) is 16.4. The summed E-state index contributed by atoms with van der Waals surface area (Å²) >= 11 is 6.51. The van der Waals surface area contributed by atoms with Crippen LogP contribution in [0.4, 0.5) is 4.39 Å². The van der Waals surface area contributed by atoms with Gasteiger partial charge in [-0.1, -0.05) is 54.1 Å². The molecule has 0 radical (unpaired) electrons. The van der Waals surface area contributed by atoms with Crippen LogP contribution in [0.2, 0.25) is 5.02 Å². The Hall–Kier alpha value is -2.91. The SMILES string of the molecule is CCOc1ccccc1-c1ccc(-c2nc3ccc(F)cc3c(Cl)c2C)cc1. The third-order valence-electron chi connectivity index (χ3n) is 4.77. The molecule has 0 saturated carbocycles. The van der Waals surface area contributed by atoms with Crippen molar-refractivity contribution < 1.29 is 9.13 Å². The number of para-hydroxylation sites is 1. The molecule has 4 heteroatoms. The van der Waals surface area contributed by atoms with Crippen LogP contribution in [0.15, 0.2) is 66.7 Å². The molecule has 2 nitrogen and oxygen atoms in total. The first kappa shape index (κ1) is 18.5. The van der Waals surface area contributed by atoms with Gasteiger partial charge in [0, 0.05) is 16.5 Å². The molecular weight excluding hydrogens is 373 g/mol. The van der Waals surface area contributed by atoms with Crippen LogP contribution in [0.5, 0.6) is 5.75 Å². The molecule has 140 valence electrons. The Morgan fingerprint density at radius 1 is 0.964 bits per heavy atom. The highest BCUT2D eigenvalue weighted by Crippen LogP contribution is 2.35. The van der Waals surface area contributed by atoms with Crippen molar-refractivity contribution in [3.8, 4) is 28.1 Å². The minimum Gasteiger partial charge on any atom is -0.493 e. The van der Waals surface area contributed by atoms with Gasteiger partial charge in [-0.05, 0) is 49.2 Å². The van der Waals surface area contributed by atoms with Crippen LogP contribution >= 0.6 is 11.6 Å². The molecule has 0 fully saturated rings. The molecule has 0 saturated heterocycles. The minimum atomic E-state index is -0.319. The lowest BCUT2D eigenvalue weighted by molar-refractivity contribution is 0.341. The molecule has 4 aromatic rings. The van der Waals surface area contributed by atoms with Crippen molar-refractivity contribution in [2.24, 2.45) is 0 Å². The van der Waals surface area contributed by atoms with Crippen molar-refractivity contribution in [1.29, 1.82) is 0 Å². The molecule has 0 N–H and O–H groups in total. The van der Waals surface area contributed by atoms with E-state index in [0.717, 1.165) is 33.7 Å². The summed E-state index contributed by atoms with van der Waals surface area (Å²) in [5, 5.41) is 1.16. The average molecular weight is 392 g/mol. The molecule has 0 aliphatic heterocycles. The van der Waals surface area contributed by atoms with Crippen LogP contribution in [0.3, 0.4) is 0 Å². The second-order valence-electron chi connectivity index (χ2n) is 6.57. The van der Waals surface area contributed by atoms with Crippen LogP contribution in [0, 0.1) is 12.7 Å². The molecular formula is C24H19ClFNO. The highest BCUT2D eigenvalue weighted by Gasteiger charge is 2.13. The Morgan fingerprint density at radius 3 is 2.43 bits per heavy atom. The molecule has 0 bridgehead atoms. The van der Waals surface area contributed by atoms with Gasteiger partial charge in [-0.15, -0.1) is 0 Å². The number of nitrogens with zero attached hydrogens (tertiary/aromatic N) is 1. The Morgan fingerprint density at radius 2 is 1.68 bits per heavy atom. The predicted octanol–water partition coefficient (Wildman–Crippen LogP) is 7.07. The molecule has 0 amide bonds. The largest absolute Gasteiger partial charge is 0.493 e. The van der Waals surface area contributed by atoms with E-state index in [1.54, 1.807) is 6.07 Å². The van der Waals surface area contributed by atoms with Gasteiger partial charge in [-0.3, -0.25) is 0 Å². The van der Waals surface area contributed by atoms with E-state index in [1.165, 1.54) is 12.1 Å². The predicted molar refractivity (Wildman–Crippen MR) is 113 cm³/mol. The summed E-state index contributed by atoms with van der Waals surface area (Å²) in [5.74, 6) is 0.545. The van der Waals surface area contributed by atoms with Crippen molar-refractivity contribution in [3.05, 3.63) is 83.1 Å². The number of halogens is 2. The number of aromatic nitrogens is 1. The lowest BCUT2D eigenvalue weighted by Crippen LogP contribution is -1.94. The quantitative estimate of drug-likeness (QED) is 0.371. The second kappa shape index (κ2) is 7.61. The highest BCUT2D eigenvalue weighted by atomic mass is 35.5. The molecule has 28 heavy (non-hydrogen) atoms. The number of fused-ring (bicyclic) bond motifs is 1. The summed E-state index contributed by atoms with van der Waals surface area (Å²) in [6.07, 6.45) is 0. The summed E-state index contributed by atoms with van der Waals surface area (Å²) in [4.78, 5) is 4.72. The summed E-state index contributed by atoms with van der Waals surface area (Å²) in [6.45, 7) is 4.51. The molecule has 3 aromatic carbocycles. The Bertz CT molecular complexity index is 1160. The van der Waals surface area contributed by atoms with Gasteiger partial charge in [0.1, 0.15) is 11.6 Å². The van der Waals surface area contributed by atoms with Crippen LogP contribution in [-0.4, -0.2) is 11.6 Å². The second-order valence-corrected chi connectivity index (χ2v) is 6.95. The van der Waals surface area contributed by atoms with Gasteiger partial charge >= 0.3 is 0 Å². The number of benzene rings is 3. The van der Waals surface area contributed by atoms with E-state index in [2.05, 4.69) is 12.1 Å². The first-order valence-corrected chi connectivity index (χ1v) is 9.54. The van der Waals surface area contributed by atoms with E-state index in [9.17, 15) is 4.39 Å². The summed E-state index contributed by atoms with van der Waals surface area (Å²) in [6, 6.07) is 20.6. The highest BCUT2D eigenvalue weighted by molar-refractivity contribution is 6.36. The normalized spacial score (nSPS) is 11.0. The van der Waals surface area contributed by atoms with E-state index < -0.39 is 0 Å². The first-order valence-electron chi connectivity index (χ1n) is 9.16. The molecule has 4 rings (SSSR count). The van der Waals surface area contributed by atoms with E-state index in [-0.39, 0.29) is 5.82 Å². The first-order chi connectivity index (χ1) is 13.6. The Balaban J connectivity index is 1.78. The Kier molecular flexibility index (Phi) is 5.01. The smallest absolute Gasteiger partial charge is 0.127 e. The van der Waals surface area contributed by atoms with Gasteiger partial charge in [0.2, 0.25) is 0 Å². The zero-order chi connectivity index (χ0) is 19.7. The topological polar surface area (TPSA) is 22.1 Å². The van der Waals surface area contributed by atoms with Crippen molar-refractivity contribution >= 4 is 22.5 Å². The molecule has 1 heterocycles. The molecule has 0 unspecified atom stereocenters. The number of hydrogen-bond donors (Lipinski definition) is 0. The van der Waals surface area contributed by atoms with Gasteiger partial charge in [0.05, 0.1) is 22.8 Å². The lowest BCUT2D eigenvalue weighted by Gasteiger charge is -2.13. The van der Waals surface area contributed by atoms with Crippen LogP contribution in [0.25, 0.3) is 33.3 Å². The lowest BCUT2D eigenvalue weighted by atomic mass is 9.99. The van der Waals surface area contributed by atoms with Gasteiger partial charge in [0.15, 0.2) is 0 Å². The molecule has 0 aliphatic rings. The maximum Gasteiger partial charge on any atom is 0.127 e. The molecule has 0 atom stereocenters. The van der Waals surface area contributed by atoms with Crippen LogP contribution in [-0.2, 0) is 0 Å². The van der Waals surface area contributed by atoms with Crippen LogP contribution < -0.4 is 4.74 Å². The number of ether oxygens (including phenoxy) is 1. The van der Waals surface area contributed by atoms with Crippen molar-refractivity contribution in [2.75, 3.05) is 6.61 Å².